The lowest BCUT2D eigenvalue weighted by atomic mass is 10.2. The molecule has 0 bridgehead atoms. The number of aliphatic hydroxyl groups is 1. The standard InChI is InChI=1S/C20H23NO6/c1-3-25-20(24)15-4-8-18(9-5-15)26-12-17(23)13-27-19-10-6-16(7-11-19)21-14(2)22/h4-11,17,23H,3,12-13H2,1-2H3,(H,21,22)/t17-/m0/s1. The van der Waals surface area contributed by atoms with Crippen LogP contribution in [0.15, 0.2) is 48.5 Å². The molecule has 0 fully saturated rings. The average molecular weight is 373 g/mol. The van der Waals surface area contributed by atoms with Gasteiger partial charge in [-0.2, -0.15) is 0 Å². The third kappa shape index (κ3) is 6.99. The smallest absolute Gasteiger partial charge is 0.338 e. The highest BCUT2D eigenvalue weighted by Gasteiger charge is 2.09. The van der Waals surface area contributed by atoms with E-state index in [-0.39, 0.29) is 25.1 Å². The molecule has 7 nitrogen and oxygen atoms in total. The number of amides is 1. The van der Waals surface area contributed by atoms with Crippen LogP contribution in [0.4, 0.5) is 5.69 Å². The summed E-state index contributed by atoms with van der Waals surface area (Å²) in [5.74, 6) is 0.567. The van der Waals surface area contributed by atoms with Gasteiger partial charge in [0.15, 0.2) is 0 Å². The first-order valence-corrected chi connectivity index (χ1v) is 8.56. The maximum Gasteiger partial charge on any atom is 0.338 e. The summed E-state index contributed by atoms with van der Waals surface area (Å²) >= 11 is 0. The Kier molecular flexibility index (Phi) is 7.63. The summed E-state index contributed by atoms with van der Waals surface area (Å²) < 4.78 is 15.9. The molecule has 144 valence electrons. The van der Waals surface area contributed by atoms with Gasteiger partial charge in [-0.25, -0.2) is 4.79 Å². The van der Waals surface area contributed by atoms with E-state index in [2.05, 4.69) is 5.32 Å². The maximum absolute atomic E-state index is 11.6. The van der Waals surface area contributed by atoms with E-state index in [1.165, 1.54) is 6.92 Å². The minimum absolute atomic E-state index is 0.0444. The van der Waals surface area contributed by atoms with Gasteiger partial charge in [0.05, 0.1) is 12.2 Å². The first-order valence-electron chi connectivity index (χ1n) is 8.56. The van der Waals surface area contributed by atoms with Gasteiger partial charge in [-0.1, -0.05) is 0 Å². The van der Waals surface area contributed by atoms with E-state index in [0.29, 0.717) is 29.4 Å². The summed E-state index contributed by atoms with van der Waals surface area (Å²) in [6.45, 7) is 3.60. The molecule has 2 aromatic rings. The van der Waals surface area contributed by atoms with Crippen LogP contribution >= 0.6 is 0 Å². The number of nitrogens with one attached hydrogen (secondary N) is 1. The van der Waals surface area contributed by atoms with Crippen molar-refractivity contribution in [1.29, 1.82) is 0 Å². The molecule has 0 radical (unpaired) electrons. The van der Waals surface area contributed by atoms with Gasteiger partial charge < -0.3 is 24.6 Å². The highest BCUT2D eigenvalue weighted by molar-refractivity contribution is 5.89. The van der Waals surface area contributed by atoms with E-state index in [1.807, 2.05) is 0 Å². The number of esters is 1. The molecular formula is C20H23NO6. The molecule has 0 aliphatic carbocycles. The van der Waals surface area contributed by atoms with Crippen molar-refractivity contribution in [2.45, 2.75) is 20.0 Å². The highest BCUT2D eigenvalue weighted by atomic mass is 16.5. The normalized spacial score (nSPS) is 11.4. The van der Waals surface area contributed by atoms with Crippen molar-refractivity contribution < 1.29 is 28.9 Å². The summed E-state index contributed by atoms with van der Waals surface area (Å²) in [4.78, 5) is 22.5. The molecule has 0 saturated carbocycles. The van der Waals surface area contributed by atoms with Crippen LogP contribution < -0.4 is 14.8 Å². The Bertz CT molecular complexity index is 742. The first kappa shape index (κ1) is 20.3. The van der Waals surface area contributed by atoms with E-state index in [1.54, 1.807) is 55.5 Å². The Morgan fingerprint density at radius 3 is 1.96 bits per heavy atom. The first-order chi connectivity index (χ1) is 13.0. The number of hydrogen-bond donors (Lipinski definition) is 2. The summed E-state index contributed by atoms with van der Waals surface area (Å²) in [5.41, 5.74) is 1.11. The summed E-state index contributed by atoms with van der Waals surface area (Å²) in [7, 11) is 0. The van der Waals surface area contributed by atoms with E-state index < -0.39 is 6.10 Å². The minimum atomic E-state index is -0.829. The zero-order chi connectivity index (χ0) is 19.6. The Morgan fingerprint density at radius 1 is 0.963 bits per heavy atom. The molecule has 2 aromatic carbocycles. The number of anilines is 1. The summed E-state index contributed by atoms with van der Waals surface area (Å²) in [6, 6.07) is 13.3. The van der Waals surface area contributed by atoms with Gasteiger partial charge in [0.2, 0.25) is 5.91 Å². The van der Waals surface area contributed by atoms with Crippen molar-refractivity contribution >= 4 is 17.6 Å². The van der Waals surface area contributed by atoms with E-state index in [4.69, 9.17) is 14.2 Å². The minimum Gasteiger partial charge on any atom is -0.491 e. The Morgan fingerprint density at radius 2 is 1.48 bits per heavy atom. The van der Waals surface area contributed by atoms with Crippen LogP contribution in [0.3, 0.4) is 0 Å². The second-order valence-electron chi connectivity index (χ2n) is 5.73. The molecule has 0 aliphatic heterocycles. The monoisotopic (exact) mass is 373 g/mol. The Labute approximate surface area is 157 Å². The molecule has 1 atom stereocenters. The second-order valence-corrected chi connectivity index (χ2v) is 5.73. The van der Waals surface area contributed by atoms with Crippen LogP contribution in [0.25, 0.3) is 0 Å². The quantitative estimate of drug-likeness (QED) is 0.656. The third-order valence-corrected chi connectivity index (χ3v) is 3.42. The number of benzene rings is 2. The van der Waals surface area contributed by atoms with Crippen LogP contribution in [0.5, 0.6) is 11.5 Å². The van der Waals surface area contributed by atoms with Crippen molar-refractivity contribution in [3.8, 4) is 11.5 Å². The molecule has 7 heteroatoms. The number of hydrogen-bond acceptors (Lipinski definition) is 6. The number of aliphatic hydroxyl groups excluding tert-OH is 1. The molecule has 1 amide bonds. The molecule has 2 N–H and O–H groups in total. The topological polar surface area (TPSA) is 94.1 Å². The van der Waals surface area contributed by atoms with Crippen molar-refractivity contribution in [3.63, 3.8) is 0 Å². The number of carbonyl (C=O) groups is 2. The predicted octanol–water partition coefficient (Wildman–Crippen LogP) is 2.64. The average Bonchev–Trinajstić information content (AvgIpc) is 2.66. The number of carbonyl (C=O) groups excluding carboxylic acids is 2. The van der Waals surface area contributed by atoms with Crippen LogP contribution in [-0.2, 0) is 9.53 Å². The number of rotatable bonds is 9. The second kappa shape index (κ2) is 10.2. The molecule has 0 aromatic heterocycles. The van der Waals surface area contributed by atoms with Crippen LogP contribution in [0, 0.1) is 0 Å². The van der Waals surface area contributed by atoms with Crippen molar-refractivity contribution in [3.05, 3.63) is 54.1 Å². The van der Waals surface area contributed by atoms with Gasteiger partial charge in [0.25, 0.3) is 0 Å². The van der Waals surface area contributed by atoms with Gasteiger partial charge in [0, 0.05) is 12.6 Å². The zero-order valence-corrected chi connectivity index (χ0v) is 15.3. The third-order valence-electron chi connectivity index (χ3n) is 3.42. The Hall–Kier alpha value is -3.06. The highest BCUT2D eigenvalue weighted by Crippen LogP contribution is 2.16. The van der Waals surface area contributed by atoms with Gasteiger partial charge in [-0.15, -0.1) is 0 Å². The lowest BCUT2D eigenvalue weighted by Crippen LogP contribution is -2.25. The maximum atomic E-state index is 11.6. The number of ether oxygens (including phenoxy) is 3. The molecular weight excluding hydrogens is 350 g/mol. The fraction of sp³-hybridized carbons (Fsp3) is 0.300. The van der Waals surface area contributed by atoms with Crippen LogP contribution in [0.2, 0.25) is 0 Å². The van der Waals surface area contributed by atoms with Crippen molar-refractivity contribution in [2.75, 3.05) is 25.1 Å². The molecule has 0 unspecified atom stereocenters. The molecule has 2 rings (SSSR count). The predicted molar refractivity (Wildman–Crippen MR) is 100 cm³/mol. The molecule has 0 spiro atoms. The lowest BCUT2D eigenvalue weighted by molar-refractivity contribution is -0.114. The van der Waals surface area contributed by atoms with E-state index in [0.717, 1.165) is 0 Å². The fourth-order valence-electron chi connectivity index (χ4n) is 2.17. The van der Waals surface area contributed by atoms with Crippen LogP contribution in [-0.4, -0.2) is 42.9 Å². The van der Waals surface area contributed by atoms with Gasteiger partial charge >= 0.3 is 5.97 Å². The van der Waals surface area contributed by atoms with Crippen molar-refractivity contribution in [2.24, 2.45) is 0 Å². The molecule has 0 aliphatic rings. The zero-order valence-electron chi connectivity index (χ0n) is 15.3. The molecule has 0 saturated heterocycles. The van der Waals surface area contributed by atoms with E-state index in [9.17, 15) is 14.7 Å². The molecule has 0 heterocycles. The Balaban J connectivity index is 1.75. The summed E-state index contributed by atoms with van der Waals surface area (Å²) in [5, 5.41) is 12.6. The largest absolute Gasteiger partial charge is 0.491 e. The van der Waals surface area contributed by atoms with Crippen LogP contribution in [0.1, 0.15) is 24.2 Å². The lowest BCUT2D eigenvalue weighted by Gasteiger charge is -2.14. The SMILES string of the molecule is CCOC(=O)c1ccc(OC[C@H](O)COc2ccc(NC(C)=O)cc2)cc1. The van der Waals surface area contributed by atoms with E-state index >= 15 is 0 Å². The van der Waals surface area contributed by atoms with Gasteiger partial charge in [-0.05, 0) is 55.5 Å². The molecule has 27 heavy (non-hydrogen) atoms. The van der Waals surface area contributed by atoms with Crippen molar-refractivity contribution in [1.82, 2.24) is 0 Å². The fourth-order valence-corrected chi connectivity index (χ4v) is 2.17. The summed E-state index contributed by atoms with van der Waals surface area (Å²) in [6.07, 6.45) is -0.829. The van der Waals surface area contributed by atoms with Gasteiger partial charge in [0.1, 0.15) is 30.8 Å². The van der Waals surface area contributed by atoms with Gasteiger partial charge in [-0.3, -0.25) is 4.79 Å².